The Kier molecular flexibility index (Phi) is 4.94. The fourth-order valence-electron chi connectivity index (χ4n) is 3.34. The monoisotopic (exact) mass is 508 g/mol. The molecule has 30 heavy (non-hydrogen) atoms. The molecule has 0 saturated heterocycles. The summed E-state index contributed by atoms with van der Waals surface area (Å²) in [6.45, 7) is 1.87. The van der Waals surface area contributed by atoms with E-state index in [1.807, 2.05) is 13.0 Å². The van der Waals surface area contributed by atoms with Gasteiger partial charge in [-0.3, -0.25) is 4.55 Å². The highest BCUT2D eigenvalue weighted by Crippen LogP contribution is 2.40. The van der Waals surface area contributed by atoms with Crippen LogP contribution in [0.25, 0.3) is 33.1 Å². The van der Waals surface area contributed by atoms with E-state index < -0.39 is 30.0 Å². The molecule has 1 N–H and O–H groups in total. The minimum Gasteiger partial charge on any atom is -0.744 e. The largest absolute Gasteiger partial charge is 0.744 e. The van der Waals surface area contributed by atoms with Gasteiger partial charge in [-0.15, -0.1) is 0 Å². The number of hydrogen-bond donors (Lipinski definition) is 1. The van der Waals surface area contributed by atoms with E-state index in [-0.39, 0.29) is 5.56 Å². The number of benzene rings is 3. The van der Waals surface area contributed by atoms with Gasteiger partial charge in [0.1, 0.15) is 10.1 Å². The van der Waals surface area contributed by atoms with Gasteiger partial charge >= 0.3 is 11.2 Å². The van der Waals surface area contributed by atoms with Gasteiger partial charge in [0.15, 0.2) is 0 Å². The second-order valence-electron chi connectivity index (χ2n) is 6.70. The minimum absolute atomic E-state index is 0.00868. The average molecular weight is 509 g/mol. The fourth-order valence-corrected chi connectivity index (χ4v) is 4.97. The van der Waals surface area contributed by atoms with Crippen LogP contribution in [0.5, 0.6) is 0 Å². The Labute approximate surface area is 180 Å². The molecular formula is C20H13BrO7S2. The molecule has 154 valence electrons. The summed E-state index contributed by atoms with van der Waals surface area (Å²) in [5.41, 5.74) is 2.21. The Hall–Kier alpha value is -2.37. The van der Waals surface area contributed by atoms with Crippen LogP contribution in [0.15, 0.2) is 73.3 Å². The van der Waals surface area contributed by atoms with E-state index in [0.717, 1.165) is 16.1 Å². The van der Waals surface area contributed by atoms with Gasteiger partial charge in [-0.05, 0) is 42.8 Å². The lowest BCUT2D eigenvalue weighted by molar-refractivity contribution is 0.463. The molecule has 1 aromatic heterocycles. The molecule has 0 spiro atoms. The molecule has 0 fully saturated rings. The van der Waals surface area contributed by atoms with Crippen molar-refractivity contribution in [1.82, 2.24) is 0 Å². The van der Waals surface area contributed by atoms with Crippen LogP contribution in [0.1, 0.15) is 5.56 Å². The molecule has 0 bridgehead atoms. The van der Waals surface area contributed by atoms with E-state index in [9.17, 15) is 25.9 Å². The lowest BCUT2D eigenvalue weighted by atomic mass is 9.96. The van der Waals surface area contributed by atoms with Gasteiger partial charge in [0.25, 0.3) is 10.1 Å². The van der Waals surface area contributed by atoms with Crippen LogP contribution in [-0.4, -0.2) is 25.9 Å². The molecule has 3 aromatic carbocycles. The number of halogens is 1. The van der Waals surface area contributed by atoms with Gasteiger partial charge < -0.3 is 4.55 Å². The molecule has 0 radical (unpaired) electrons. The summed E-state index contributed by atoms with van der Waals surface area (Å²) in [6, 6.07) is 13.4. The second-order valence-corrected chi connectivity index (χ2v) is 10.4. The van der Waals surface area contributed by atoms with Crippen LogP contribution in [0.4, 0.5) is 0 Å². The van der Waals surface area contributed by atoms with Crippen molar-refractivity contribution in [2.75, 3.05) is 0 Å². The Morgan fingerprint density at radius 1 is 0.900 bits per heavy atom. The first-order chi connectivity index (χ1) is 13.9. The summed E-state index contributed by atoms with van der Waals surface area (Å²) in [6.07, 6.45) is 0. The standard InChI is InChI=1S/C20H13BrO7S2/c1-11-2-5-14-17(8-11)28-18-9-12(21)3-6-15(18)20(14)16-7-4-13(29(22,23)24)10-19(16)30(25,26)27/h2-10H,1H3,(H-,22,23,24,25,26,27). The maximum Gasteiger partial charge on any atom is 0.362 e. The highest BCUT2D eigenvalue weighted by Gasteiger charge is 2.25. The van der Waals surface area contributed by atoms with Gasteiger partial charge in [-0.2, -0.15) is 8.42 Å². The van der Waals surface area contributed by atoms with Gasteiger partial charge in [0, 0.05) is 21.7 Å². The van der Waals surface area contributed by atoms with Crippen molar-refractivity contribution in [2.45, 2.75) is 16.7 Å². The Balaban J connectivity index is 2.23. The normalized spacial score (nSPS) is 12.5. The summed E-state index contributed by atoms with van der Waals surface area (Å²) >= 11 is 3.37. The molecule has 4 rings (SSSR count). The van der Waals surface area contributed by atoms with Gasteiger partial charge in [0.05, 0.1) is 26.6 Å². The number of rotatable bonds is 3. The molecule has 10 heteroatoms. The topological polar surface area (TPSA) is 123 Å². The first-order valence-electron chi connectivity index (χ1n) is 8.49. The summed E-state index contributed by atoms with van der Waals surface area (Å²) in [7, 11) is -9.79. The molecule has 0 aliphatic carbocycles. The van der Waals surface area contributed by atoms with Crippen LogP contribution in [-0.2, 0) is 20.2 Å². The van der Waals surface area contributed by atoms with E-state index in [4.69, 9.17) is 4.42 Å². The van der Waals surface area contributed by atoms with Crippen molar-refractivity contribution >= 4 is 58.1 Å². The third-order valence-corrected chi connectivity index (χ3v) is 6.85. The zero-order valence-corrected chi connectivity index (χ0v) is 18.5. The van der Waals surface area contributed by atoms with Crippen molar-refractivity contribution in [3.63, 3.8) is 0 Å². The molecule has 1 heterocycles. The molecule has 4 aromatic rings. The first kappa shape index (κ1) is 20.9. The number of fused-ring (bicyclic) bond motifs is 2. The number of aryl methyl sites for hydroxylation is 1. The van der Waals surface area contributed by atoms with Crippen molar-refractivity contribution < 1.29 is 30.4 Å². The Morgan fingerprint density at radius 3 is 2.17 bits per heavy atom. The summed E-state index contributed by atoms with van der Waals surface area (Å²) in [5.74, 6) is 0. The molecule has 0 amide bonds. The smallest absolute Gasteiger partial charge is 0.362 e. The zero-order chi connectivity index (χ0) is 21.8. The average Bonchev–Trinajstić information content (AvgIpc) is 2.64. The van der Waals surface area contributed by atoms with Gasteiger partial charge in [-0.1, -0.05) is 28.1 Å². The molecule has 0 atom stereocenters. The van der Waals surface area contributed by atoms with E-state index in [0.29, 0.717) is 33.6 Å². The third kappa shape index (κ3) is 3.72. The van der Waals surface area contributed by atoms with E-state index in [2.05, 4.69) is 15.9 Å². The molecule has 7 nitrogen and oxygen atoms in total. The Bertz CT molecular complexity index is 1500. The zero-order valence-electron chi connectivity index (χ0n) is 15.3. The van der Waals surface area contributed by atoms with Crippen LogP contribution in [0.2, 0.25) is 0 Å². The van der Waals surface area contributed by atoms with Gasteiger partial charge in [-0.25, -0.2) is 12.8 Å². The maximum absolute atomic E-state index is 12.0. The lowest BCUT2D eigenvalue weighted by Crippen LogP contribution is -2.06. The summed E-state index contributed by atoms with van der Waals surface area (Å²) < 4.78 is 75.1. The quantitative estimate of drug-likeness (QED) is 0.240. The SMILES string of the molecule is Cc1ccc2c(-c3ccc(S(=O)(=O)O)cc3S(=O)(=O)[O-])c3ccc(Br)cc3[o+]c2c1. The summed E-state index contributed by atoms with van der Waals surface area (Å²) in [5, 5.41) is 1.07. The predicted octanol–water partition coefficient (Wildman–Crippen LogP) is 4.76. The third-order valence-electron chi connectivity index (χ3n) is 4.63. The van der Waals surface area contributed by atoms with Crippen molar-refractivity contribution in [3.8, 4) is 11.1 Å². The predicted molar refractivity (Wildman–Crippen MR) is 114 cm³/mol. The molecule has 0 unspecified atom stereocenters. The molecule has 0 aliphatic heterocycles. The summed E-state index contributed by atoms with van der Waals surface area (Å²) in [4.78, 5) is -1.44. The van der Waals surface area contributed by atoms with Crippen molar-refractivity contribution in [1.29, 1.82) is 0 Å². The van der Waals surface area contributed by atoms with E-state index >= 15 is 0 Å². The molecular weight excluding hydrogens is 496 g/mol. The van der Waals surface area contributed by atoms with Crippen LogP contribution in [0.3, 0.4) is 0 Å². The maximum atomic E-state index is 12.0. The van der Waals surface area contributed by atoms with E-state index in [1.54, 1.807) is 30.3 Å². The van der Waals surface area contributed by atoms with Crippen molar-refractivity contribution in [3.05, 3.63) is 64.6 Å². The van der Waals surface area contributed by atoms with Crippen LogP contribution < -0.4 is 0 Å². The highest BCUT2D eigenvalue weighted by molar-refractivity contribution is 9.10. The minimum atomic E-state index is -5.08. The second kappa shape index (κ2) is 7.10. The number of hydrogen-bond acceptors (Lipinski definition) is 5. The fraction of sp³-hybridized carbons (Fsp3) is 0.0500. The highest BCUT2D eigenvalue weighted by atomic mass is 79.9. The molecule has 0 aliphatic rings. The lowest BCUT2D eigenvalue weighted by Gasteiger charge is -2.15. The van der Waals surface area contributed by atoms with Crippen molar-refractivity contribution in [2.24, 2.45) is 0 Å². The first-order valence-corrected chi connectivity index (χ1v) is 12.1. The van der Waals surface area contributed by atoms with E-state index in [1.165, 1.54) is 6.07 Å². The van der Waals surface area contributed by atoms with Crippen LogP contribution in [0, 0.1) is 6.92 Å². The van der Waals surface area contributed by atoms with Gasteiger partial charge in [0.2, 0.25) is 0 Å². The molecule has 0 saturated carbocycles. The Morgan fingerprint density at radius 2 is 1.53 bits per heavy atom. The van der Waals surface area contributed by atoms with Crippen LogP contribution >= 0.6 is 15.9 Å².